The highest BCUT2D eigenvalue weighted by molar-refractivity contribution is 7.10. The van der Waals surface area contributed by atoms with Crippen LogP contribution in [0, 0.1) is 13.8 Å². The van der Waals surface area contributed by atoms with Crippen molar-refractivity contribution in [3.05, 3.63) is 57.4 Å². The number of ether oxygens (including phenoxy) is 2. The number of amides is 2. The Morgan fingerprint density at radius 2 is 1.89 bits per heavy atom. The van der Waals surface area contributed by atoms with Crippen LogP contribution in [0.3, 0.4) is 0 Å². The zero-order valence-corrected chi connectivity index (χ0v) is 22.3. The van der Waals surface area contributed by atoms with Gasteiger partial charge >= 0.3 is 5.97 Å². The number of hydrogen-bond acceptors (Lipinski definition) is 8. The van der Waals surface area contributed by atoms with Crippen molar-refractivity contribution in [3.63, 3.8) is 0 Å². The van der Waals surface area contributed by atoms with Crippen LogP contribution in [0.15, 0.2) is 29.8 Å². The molecule has 0 radical (unpaired) electrons. The summed E-state index contributed by atoms with van der Waals surface area (Å²) in [6, 6.07) is 5.81. The first-order chi connectivity index (χ1) is 17.7. The number of imidazole rings is 1. The van der Waals surface area contributed by atoms with Gasteiger partial charge in [-0.3, -0.25) is 9.59 Å². The van der Waals surface area contributed by atoms with Gasteiger partial charge in [0.25, 0.3) is 11.8 Å². The molecule has 3 aromatic rings. The predicted molar refractivity (Wildman–Crippen MR) is 139 cm³/mol. The molecule has 2 aromatic heterocycles. The average molecular weight is 526 g/mol. The number of hydrogen-bond donors (Lipinski definition) is 1. The highest BCUT2D eigenvalue weighted by atomic mass is 32.1. The van der Waals surface area contributed by atoms with Gasteiger partial charge in [0.15, 0.2) is 12.4 Å². The van der Waals surface area contributed by atoms with Crippen LogP contribution in [0.4, 0.5) is 5.82 Å². The first-order valence-electron chi connectivity index (χ1n) is 12.2. The Kier molecular flexibility index (Phi) is 8.22. The molecule has 0 unspecified atom stereocenters. The molecule has 4 rings (SSSR count). The van der Waals surface area contributed by atoms with Crippen LogP contribution >= 0.6 is 11.3 Å². The second kappa shape index (κ2) is 11.5. The maximum atomic E-state index is 12.7. The van der Waals surface area contributed by atoms with E-state index >= 15 is 0 Å². The van der Waals surface area contributed by atoms with Crippen molar-refractivity contribution in [3.8, 4) is 5.75 Å². The first-order valence-corrected chi connectivity index (χ1v) is 13.1. The lowest BCUT2D eigenvalue weighted by Crippen LogP contribution is -2.40. The number of esters is 1. The molecule has 1 saturated heterocycles. The summed E-state index contributed by atoms with van der Waals surface area (Å²) in [6.07, 6.45) is 3.09. The van der Waals surface area contributed by atoms with Crippen molar-refractivity contribution in [2.24, 2.45) is 7.05 Å². The number of benzene rings is 1. The van der Waals surface area contributed by atoms with Gasteiger partial charge in [0.2, 0.25) is 5.82 Å². The fourth-order valence-corrected chi connectivity index (χ4v) is 5.06. The fraction of sp³-hybridized carbons (Fsp3) is 0.423. The van der Waals surface area contributed by atoms with Crippen molar-refractivity contribution in [2.75, 3.05) is 31.6 Å². The van der Waals surface area contributed by atoms with Gasteiger partial charge < -0.3 is 24.3 Å². The van der Waals surface area contributed by atoms with Crippen molar-refractivity contribution in [1.82, 2.24) is 19.4 Å². The highest BCUT2D eigenvalue weighted by Gasteiger charge is 2.27. The lowest BCUT2D eigenvalue weighted by Gasteiger charge is -2.31. The molecule has 1 fully saturated rings. The van der Waals surface area contributed by atoms with Crippen LogP contribution < -0.4 is 10.1 Å². The number of nitrogens with zero attached hydrogens (tertiary/aromatic N) is 4. The molecule has 1 aromatic carbocycles. The zero-order valence-electron chi connectivity index (χ0n) is 21.4. The summed E-state index contributed by atoms with van der Waals surface area (Å²) in [7, 11) is 1.66. The topological polar surface area (TPSA) is 116 Å². The fourth-order valence-electron chi connectivity index (χ4n) is 4.09. The van der Waals surface area contributed by atoms with E-state index in [-0.39, 0.29) is 36.7 Å². The number of carbonyl (C=O) groups excluding carboxylic acids is 3. The minimum atomic E-state index is -0.553. The Morgan fingerprint density at radius 1 is 1.14 bits per heavy atom. The van der Waals surface area contributed by atoms with E-state index in [1.54, 1.807) is 25.5 Å². The summed E-state index contributed by atoms with van der Waals surface area (Å²) in [5.41, 5.74) is 2.61. The van der Waals surface area contributed by atoms with Gasteiger partial charge in [0.1, 0.15) is 11.4 Å². The standard InChI is InChI=1S/C26H31N5O5S/c1-5-35-26(34)23-28-21(13-30(23)4)29-24(33)20-15-37-25(27-20)18-8-10-31(11-9-18)22(32)14-36-19-7-6-16(2)17(3)12-19/h6-7,12-13,15,18H,5,8-11,14H2,1-4H3,(H,29,33). The van der Waals surface area contributed by atoms with E-state index in [0.29, 0.717) is 24.5 Å². The minimum Gasteiger partial charge on any atom is -0.484 e. The number of aromatic nitrogens is 3. The molecule has 0 atom stereocenters. The van der Waals surface area contributed by atoms with E-state index in [9.17, 15) is 14.4 Å². The third-order valence-electron chi connectivity index (χ3n) is 6.37. The number of rotatable bonds is 8. The van der Waals surface area contributed by atoms with Crippen LogP contribution in [0.2, 0.25) is 0 Å². The van der Waals surface area contributed by atoms with E-state index in [4.69, 9.17) is 9.47 Å². The molecule has 1 aliphatic rings. The largest absolute Gasteiger partial charge is 0.484 e. The third kappa shape index (κ3) is 6.34. The van der Waals surface area contributed by atoms with Gasteiger partial charge in [-0.2, -0.15) is 0 Å². The van der Waals surface area contributed by atoms with Gasteiger partial charge in [-0.05, 0) is 56.9 Å². The Hall–Kier alpha value is -3.73. The van der Waals surface area contributed by atoms with E-state index in [1.165, 1.54) is 21.5 Å². The van der Waals surface area contributed by atoms with Crippen molar-refractivity contribution < 1.29 is 23.9 Å². The second-order valence-corrected chi connectivity index (χ2v) is 9.89. The van der Waals surface area contributed by atoms with E-state index < -0.39 is 11.9 Å². The predicted octanol–water partition coefficient (Wildman–Crippen LogP) is 3.71. The summed E-state index contributed by atoms with van der Waals surface area (Å²) >= 11 is 1.43. The van der Waals surface area contributed by atoms with Gasteiger partial charge in [0, 0.05) is 37.6 Å². The van der Waals surface area contributed by atoms with Crippen molar-refractivity contribution in [2.45, 2.75) is 39.5 Å². The molecule has 0 aliphatic carbocycles. The van der Waals surface area contributed by atoms with Gasteiger partial charge in [-0.25, -0.2) is 14.8 Å². The maximum Gasteiger partial charge on any atom is 0.374 e. The molecular formula is C26H31N5O5S. The second-order valence-electron chi connectivity index (χ2n) is 9.00. The SMILES string of the molecule is CCOC(=O)c1nc(NC(=O)c2csc(C3CCN(C(=O)COc4ccc(C)c(C)c4)CC3)n2)cn1C. The Bertz CT molecular complexity index is 1290. The van der Waals surface area contributed by atoms with Crippen LogP contribution in [0.5, 0.6) is 5.75 Å². The number of carbonyl (C=O) groups is 3. The molecule has 0 spiro atoms. The van der Waals surface area contributed by atoms with Crippen molar-refractivity contribution >= 4 is 34.9 Å². The molecule has 1 aliphatic heterocycles. The molecule has 0 saturated carbocycles. The molecule has 10 nitrogen and oxygen atoms in total. The summed E-state index contributed by atoms with van der Waals surface area (Å²) in [5, 5.41) is 5.28. The van der Waals surface area contributed by atoms with Crippen molar-refractivity contribution in [1.29, 1.82) is 0 Å². The smallest absolute Gasteiger partial charge is 0.374 e. The van der Waals surface area contributed by atoms with Gasteiger partial charge in [-0.1, -0.05) is 6.07 Å². The number of anilines is 1. The molecular weight excluding hydrogens is 494 g/mol. The zero-order chi connectivity index (χ0) is 26.5. The summed E-state index contributed by atoms with van der Waals surface area (Å²) in [6.45, 7) is 7.26. The number of nitrogens with one attached hydrogen (secondary N) is 1. The Morgan fingerprint density at radius 3 is 2.59 bits per heavy atom. The average Bonchev–Trinajstić information content (AvgIpc) is 3.52. The van der Waals surface area contributed by atoms with E-state index in [2.05, 4.69) is 15.3 Å². The third-order valence-corrected chi connectivity index (χ3v) is 7.38. The monoisotopic (exact) mass is 525 g/mol. The number of likely N-dealkylation sites (tertiary alicyclic amines) is 1. The molecule has 1 N–H and O–H groups in total. The van der Waals surface area contributed by atoms with E-state index in [1.807, 2.05) is 36.9 Å². The van der Waals surface area contributed by atoms with Crippen LogP contribution in [0.25, 0.3) is 0 Å². The molecule has 11 heteroatoms. The summed E-state index contributed by atoms with van der Waals surface area (Å²) in [5.74, 6) is 0.254. The molecule has 0 bridgehead atoms. The first kappa shape index (κ1) is 26.3. The van der Waals surface area contributed by atoms with Gasteiger partial charge in [-0.15, -0.1) is 11.3 Å². The van der Waals surface area contributed by atoms with Gasteiger partial charge in [0.05, 0.1) is 11.6 Å². The Balaban J connectivity index is 1.27. The maximum absolute atomic E-state index is 12.7. The molecule has 3 heterocycles. The number of piperidine rings is 1. The summed E-state index contributed by atoms with van der Waals surface area (Å²) in [4.78, 5) is 47.8. The van der Waals surface area contributed by atoms with E-state index in [0.717, 1.165) is 23.4 Å². The van der Waals surface area contributed by atoms with Crippen LogP contribution in [0.1, 0.15) is 62.9 Å². The minimum absolute atomic E-state index is 0.0140. The molecule has 2 amide bonds. The molecule has 196 valence electrons. The number of thiazole rings is 1. The summed E-state index contributed by atoms with van der Waals surface area (Å²) < 4.78 is 12.2. The number of aryl methyl sites for hydroxylation is 3. The normalized spacial score (nSPS) is 13.9. The van der Waals surface area contributed by atoms with Crippen LogP contribution in [-0.4, -0.2) is 63.5 Å². The highest BCUT2D eigenvalue weighted by Crippen LogP contribution is 2.30. The lowest BCUT2D eigenvalue weighted by molar-refractivity contribution is -0.134. The Labute approximate surface area is 219 Å². The molecule has 37 heavy (non-hydrogen) atoms. The van der Waals surface area contributed by atoms with Crippen LogP contribution in [-0.2, 0) is 16.6 Å². The quantitative estimate of drug-likeness (QED) is 0.446. The lowest BCUT2D eigenvalue weighted by atomic mass is 9.97.